The first kappa shape index (κ1) is 19.1. The van der Waals surface area contributed by atoms with Crippen LogP contribution in [-0.2, 0) is 10.0 Å². The molecule has 1 aliphatic heterocycles. The van der Waals surface area contributed by atoms with Gasteiger partial charge in [0, 0.05) is 24.6 Å². The van der Waals surface area contributed by atoms with Gasteiger partial charge in [0.1, 0.15) is 9.96 Å². The minimum atomic E-state index is -3.52. The summed E-state index contributed by atoms with van der Waals surface area (Å²) in [6.45, 7) is 4.56. The Hall–Kier alpha value is -1.70. The molecule has 0 saturated carbocycles. The van der Waals surface area contributed by atoms with Crippen molar-refractivity contribution in [3.05, 3.63) is 47.3 Å². The van der Waals surface area contributed by atoms with Gasteiger partial charge < -0.3 is 4.74 Å². The highest BCUT2D eigenvalue weighted by atomic mass is 32.2. The van der Waals surface area contributed by atoms with Crippen molar-refractivity contribution in [1.29, 1.82) is 0 Å². The Morgan fingerprint density at radius 1 is 1.27 bits per heavy atom. The summed E-state index contributed by atoms with van der Waals surface area (Å²) in [5, 5.41) is 1.75. The molecule has 5 nitrogen and oxygen atoms in total. The molecule has 1 fully saturated rings. The molecule has 1 aromatic heterocycles. The van der Waals surface area contributed by atoms with Gasteiger partial charge in [0.2, 0.25) is 0 Å². The highest BCUT2D eigenvalue weighted by Gasteiger charge is 2.34. The standard InChI is InChI=1S/C19H23NO4S2/c1-14(2)24-17-8-3-6-15(12-17)19(21)16-7-4-10-20(13-16)26(22,23)18-9-5-11-25-18/h3,5-6,8-9,11-12,14,16H,4,7,10,13H2,1-2H3. The monoisotopic (exact) mass is 393 g/mol. The highest BCUT2D eigenvalue weighted by Crippen LogP contribution is 2.28. The topological polar surface area (TPSA) is 63.7 Å². The lowest BCUT2D eigenvalue weighted by atomic mass is 9.91. The number of hydrogen-bond donors (Lipinski definition) is 0. The van der Waals surface area contributed by atoms with Gasteiger partial charge in [-0.3, -0.25) is 4.79 Å². The zero-order valence-electron chi connectivity index (χ0n) is 14.9. The third-order valence-electron chi connectivity index (χ3n) is 4.33. The Labute approximate surface area is 158 Å². The molecule has 1 atom stereocenters. The Morgan fingerprint density at radius 3 is 2.77 bits per heavy atom. The molecular formula is C19H23NO4S2. The number of carbonyl (C=O) groups is 1. The average molecular weight is 394 g/mol. The quantitative estimate of drug-likeness (QED) is 0.700. The van der Waals surface area contributed by atoms with Crippen molar-refractivity contribution in [2.24, 2.45) is 5.92 Å². The maximum atomic E-state index is 12.9. The average Bonchev–Trinajstić information content (AvgIpc) is 3.16. The van der Waals surface area contributed by atoms with E-state index in [0.29, 0.717) is 34.9 Å². The minimum Gasteiger partial charge on any atom is -0.491 e. The van der Waals surface area contributed by atoms with E-state index in [1.807, 2.05) is 19.9 Å². The van der Waals surface area contributed by atoms with Crippen molar-refractivity contribution in [2.45, 2.75) is 37.0 Å². The van der Waals surface area contributed by atoms with Crippen molar-refractivity contribution in [1.82, 2.24) is 4.31 Å². The number of sulfonamides is 1. The van der Waals surface area contributed by atoms with E-state index in [4.69, 9.17) is 4.74 Å². The van der Waals surface area contributed by atoms with Crippen LogP contribution in [0.3, 0.4) is 0 Å². The van der Waals surface area contributed by atoms with Gasteiger partial charge in [0.15, 0.2) is 5.78 Å². The number of ether oxygens (including phenoxy) is 1. The van der Waals surface area contributed by atoms with Crippen LogP contribution in [0.1, 0.15) is 37.0 Å². The van der Waals surface area contributed by atoms with Crippen molar-refractivity contribution in [3.63, 3.8) is 0 Å². The molecule has 3 rings (SSSR count). The molecule has 26 heavy (non-hydrogen) atoms. The molecular weight excluding hydrogens is 370 g/mol. The Balaban J connectivity index is 1.76. The van der Waals surface area contributed by atoms with E-state index in [2.05, 4.69) is 0 Å². The van der Waals surface area contributed by atoms with Gasteiger partial charge in [-0.15, -0.1) is 11.3 Å². The molecule has 0 aliphatic carbocycles. The first-order valence-corrected chi connectivity index (χ1v) is 11.0. The Kier molecular flexibility index (Phi) is 5.79. The minimum absolute atomic E-state index is 0.0229. The summed E-state index contributed by atoms with van der Waals surface area (Å²) >= 11 is 1.21. The van der Waals surface area contributed by atoms with E-state index >= 15 is 0 Å². The second-order valence-electron chi connectivity index (χ2n) is 6.69. The predicted molar refractivity (Wildman–Crippen MR) is 102 cm³/mol. The zero-order valence-corrected chi connectivity index (χ0v) is 16.6. The van der Waals surface area contributed by atoms with Gasteiger partial charge in [0.25, 0.3) is 10.0 Å². The summed E-state index contributed by atoms with van der Waals surface area (Å²) in [6, 6.07) is 10.5. The molecule has 1 aliphatic rings. The van der Waals surface area contributed by atoms with Crippen LogP contribution in [0.5, 0.6) is 5.75 Å². The molecule has 0 spiro atoms. The molecule has 7 heteroatoms. The largest absolute Gasteiger partial charge is 0.491 e. The lowest BCUT2D eigenvalue weighted by molar-refractivity contribution is 0.0871. The maximum absolute atomic E-state index is 12.9. The van der Waals surface area contributed by atoms with Crippen LogP contribution in [0, 0.1) is 5.92 Å². The van der Waals surface area contributed by atoms with Gasteiger partial charge in [-0.05, 0) is 50.3 Å². The number of carbonyl (C=O) groups excluding carboxylic acids is 1. The third kappa shape index (κ3) is 4.16. The predicted octanol–water partition coefficient (Wildman–Crippen LogP) is 3.82. The molecule has 0 radical (unpaired) electrons. The summed E-state index contributed by atoms with van der Waals surface area (Å²) in [5.74, 6) is 0.308. The van der Waals surface area contributed by atoms with E-state index in [-0.39, 0.29) is 24.3 Å². The van der Waals surface area contributed by atoms with Crippen molar-refractivity contribution >= 4 is 27.1 Å². The number of Topliss-reactive ketones (excluding diaryl/α,β-unsaturated/α-hetero) is 1. The summed E-state index contributed by atoms with van der Waals surface area (Å²) in [4.78, 5) is 12.9. The smallest absolute Gasteiger partial charge is 0.252 e. The molecule has 0 bridgehead atoms. The molecule has 0 N–H and O–H groups in total. The van der Waals surface area contributed by atoms with Crippen LogP contribution in [0.25, 0.3) is 0 Å². The zero-order chi connectivity index (χ0) is 18.7. The Morgan fingerprint density at radius 2 is 2.08 bits per heavy atom. The van der Waals surface area contributed by atoms with Crippen LogP contribution in [0.4, 0.5) is 0 Å². The van der Waals surface area contributed by atoms with Gasteiger partial charge >= 0.3 is 0 Å². The van der Waals surface area contributed by atoms with Gasteiger partial charge in [-0.2, -0.15) is 4.31 Å². The number of thiophene rings is 1. The molecule has 1 saturated heterocycles. The lowest BCUT2D eigenvalue weighted by Gasteiger charge is -2.30. The fourth-order valence-electron chi connectivity index (χ4n) is 3.14. The third-order valence-corrected chi connectivity index (χ3v) is 7.57. The van der Waals surface area contributed by atoms with Crippen LogP contribution in [-0.4, -0.2) is 37.7 Å². The molecule has 0 amide bonds. The van der Waals surface area contributed by atoms with Crippen molar-refractivity contribution in [3.8, 4) is 5.75 Å². The van der Waals surface area contributed by atoms with Gasteiger partial charge in [-0.25, -0.2) is 8.42 Å². The van der Waals surface area contributed by atoms with E-state index in [1.165, 1.54) is 15.6 Å². The number of rotatable bonds is 6. The first-order valence-electron chi connectivity index (χ1n) is 8.72. The summed E-state index contributed by atoms with van der Waals surface area (Å²) in [5.41, 5.74) is 0.573. The SMILES string of the molecule is CC(C)Oc1cccc(C(=O)C2CCCN(S(=O)(=O)c3cccs3)C2)c1. The molecule has 2 aromatic rings. The number of piperidine rings is 1. The van der Waals surface area contributed by atoms with Gasteiger partial charge in [-0.1, -0.05) is 18.2 Å². The van der Waals surface area contributed by atoms with E-state index in [0.717, 1.165) is 0 Å². The van der Waals surface area contributed by atoms with Crippen molar-refractivity contribution in [2.75, 3.05) is 13.1 Å². The molecule has 2 heterocycles. The second-order valence-corrected chi connectivity index (χ2v) is 9.81. The van der Waals surface area contributed by atoms with Crippen molar-refractivity contribution < 1.29 is 17.9 Å². The normalized spacial score (nSPS) is 18.8. The highest BCUT2D eigenvalue weighted by molar-refractivity contribution is 7.91. The molecule has 140 valence electrons. The van der Waals surface area contributed by atoms with Crippen LogP contribution in [0.2, 0.25) is 0 Å². The number of hydrogen-bond acceptors (Lipinski definition) is 5. The van der Waals surface area contributed by atoms with Crippen LogP contribution in [0.15, 0.2) is 46.0 Å². The lowest BCUT2D eigenvalue weighted by Crippen LogP contribution is -2.42. The van der Waals surface area contributed by atoms with E-state index in [1.54, 1.807) is 35.7 Å². The fourth-order valence-corrected chi connectivity index (χ4v) is 5.81. The number of ketones is 1. The van der Waals surface area contributed by atoms with Crippen LogP contribution >= 0.6 is 11.3 Å². The molecule has 1 aromatic carbocycles. The fraction of sp³-hybridized carbons (Fsp3) is 0.421. The van der Waals surface area contributed by atoms with E-state index in [9.17, 15) is 13.2 Å². The van der Waals surface area contributed by atoms with Crippen LogP contribution < -0.4 is 4.74 Å². The Bertz CT molecular complexity index is 859. The van der Waals surface area contributed by atoms with Gasteiger partial charge in [0.05, 0.1) is 6.10 Å². The molecule has 1 unspecified atom stereocenters. The first-order chi connectivity index (χ1) is 12.4. The number of benzene rings is 1. The summed E-state index contributed by atoms with van der Waals surface area (Å²) in [6.07, 6.45) is 1.41. The second kappa shape index (κ2) is 7.90. The number of nitrogens with zero attached hydrogens (tertiary/aromatic N) is 1. The van der Waals surface area contributed by atoms with E-state index < -0.39 is 10.0 Å². The maximum Gasteiger partial charge on any atom is 0.252 e. The summed E-state index contributed by atoms with van der Waals surface area (Å²) < 4.78 is 32.9. The summed E-state index contributed by atoms with van der Waals surface area (Å²) in [7, 11) is -3.52.